The highest BCUT2D eigenvalue weighted by atomic mass is 35.5. The van der Waals surface area contributed by atoms with Crippen LogP contribution in [0.15, 0.2) is 18.2 Å². The molecule has 1 saturated heterocycles. The molecule has 0 bridgehead atoms. The quantitative estimate of drug-likeness (QED) is 0.821. The summed E-state index contributed by atoms with van der Waals surface area (Å²) in [6, 6.07) is 3.26. The number of nitrogens with one attached hydrogen (secondary N) is 2. The third-order valence-corrected chi connectivity index (χ3v) is 5.59. The molecular formula is C13H14Cl2N2O5S. The first kappa shape index (κ1) is 17.8. The molecule has 1 atom stereocenters. The molecule has 126 valence electrons. The van der Waals surface area contributed by atoms with Crippen molar-refractivity contribution in [2.75, 3.05) is 18.1 Å². The highest BCUT2D eigenvalue weighted by molar-refractivity contribution is 7.91. The Kier molecular flexibility index (Phi) is 5.72. The van der Waals surface area contributed by atoms with Gasteiger partial charge in [0, 0.05) is 12.1 Å². The molecule has 2 rings (SSSR count). The molecule has 1 aliphatic heterocycles. The summed E-state index contributed by atoms with van der Waals surface area (Å²) in [6.45, 7) is -0.394. The van der Waals surface area contributed by atoms with Crippen LogP contribution in [0.5, 0.6) is 5.75 Å². The third kappa shape index (κ3) is 5.56. The Labute approximate surface area is 143 Å². The Balaban J connectivity index is 1.76. The third-order valence-electron chi connectivity index (χ3n) is 3.08. The number of carbonyl (C=O) groups excluding carboxylic acids is 2. The number of carbonyl (C=O) groups is 2. The number of ether oxygens (including phenoxy) is 1. The van der Waals surface area contributed by atoms with E-state index in [1.165, 1.54) is 18.2 Å². The Bertz CT molecular complexity index is 723. The van der Waals surface area contributed by atoms with E-state index in [4.69, 9.17) is 27.9 Å². The molecule has 1 fully saturated rings. The van der Waals surface area contributed by atoms with E-state index < -0.39 is 34.4 Å². The van der Waals surface area contributed by atoms with E-state index >= 15 is 0 Å². The molecule has 0 saturated carbocycles. The topological polar surface area (TPSA) is 102 Å². The average Bonchev–Trinajstić information content (AvgIpc) is 2.79. The molecule has 0 spiro atoms. The van der Waals surface area contributed by atoms with Crippen molar-refractivity contribution in [3.8, 4) is 5.75 Å². The van der Waals surface area contributed by atoms with Crippen molar-refractivity contribution in [2.45, 2.75) is 12.5 Å². The number of rotatable bonds is 4. The van der Waals surface area contributed by atoms with Crippen LogP contribution in [-0.2, 0) is 14.6 Å². The molecule has 1 aliphatic rings. The maximum Gasteiger partial charge on any atom is 0.321 e. The minimum Gasteiger partial charge on any atom is -0.484 e. The SMILES string of the molecule is O=C(COc1ccc(Cl)c(Cl)c1)NC(=O)N[C@@H]1CCS(=O)(=O)C1. The Morgan fingerprint density at radius 3 is 2.61 bits per heavy atom. The fourth-order valence-electron chi connectivity index (χ4n) is 2.01. The summed E-state index contributed by atoms with van der Waals surface area (Å²) >= 11 is 11.6. The van der Waals surface area contributed by atoms with Crippen molar-refractivity contribution in [3.63, 3.8) is 0 Å². The summed E-state index contributed by atoms with van der Waals surface area (Å²) in [5.74, 6) is -0.424. The monoisotopic (exact) mass is 380 g/mol. The van der Waals surface area contributed by atoms with Gasteiger partial charge in [0.1, 0.15) is 5.75 Å². The van der Waals surface area contributed by atoms with E-state index in [0.717, 1.165) is 0 Å². The summed E-state index contributed by atoms with van der Waals surface area (Å²) in [5.41, 5.74) is 0. The van der Waals surface area contributed by atoms with Gasteiger partial charge in [-0.1, -0.05) is 23.2 Å². The zero-order chi connectivity index (χ0) is 17.0. The first-order chi connectivity index (χ1) is 10.7. The van der Waals surface area contributed by atoms with Crippen molar-refractivity contribution in [2.24, 2.45) is 0 Å². The van der Waals surface area contributed by atoms with Gasteiger partial charge < -0.3 is 10.1 Å². The first-order valence-corrected chi connectivity index (χ1v) is 9.21. The highest BCUT2D eigenvalue weighted by Crippen LogP contribution is 2.26. The Morgan fingerprint density at radius 2 is 2.00 bits per heavy atom. The Morgan fingerprint density at radius 1 is 1.26 bits per heavy atom. The zero-order valence-corrected chi connectivity index (χ0v) is 14.2. The molecule has 0 radical (unpaired) electrons. The molecule has 0 aromatic heterocycles. The minimum absolute atomic E-state index is 0.0341. The summed E-state index contributed by atoms with van der Waals surface area (Å²) < 4.78 is 27.7. The normalized spacial score (nSPS) is 19.1. The molecular weight excluding hydrogens is 367 g/mol. The molecule has 2 N–H and O–H groups in total. The molecule has 0 unspecified atom stereocenters. The van der Waals surface area contributed by atoms with Gasteiger partial charge in [0.25, 0.3) is 5.91 Å². The first-order valence-electron chi connectivity index (χ1n) is 6.64. The van der Waals surface area contributed by atoms with Gasteiger partial charge >= 0.3 is 6.03 Å². The van der Waals surface area contributed by atoms with Gasteiger partial charge in [0.2, 0.25) is 0 Å². The molecule has 1 aromatic carbocycles. The standard InChI is InChI=1S/C13H14Cl2N2O5S/c14-10-2-1-9(5-11(10)15)22-6-12(18)17-13(19)16-8-3-4-23(20,21)7-8/h1-2,5,8H,3-4,6-7H2,(H2,16,17,18,19)/t8-/m1/s1. The fourth-order valence-corrected chi connectivity index (χ4v) is 3.97. The van der Waals surface area contributed by atoms with Gasteiger partial charge in [-0.05, 0) is 18.6 Å². The second-order valence-corrected chi connectivity index (χ2v) is 8.03. The van der Waals surface area contributed by atoms with E-state index in [1.807, 2.05) is 0 Å². The van der Waals surface area contributed by atoms with Crippen molar-refractivity contribution >= 4 is 45.0 Å². The summed E-state index contributed by atoms with van der Waals surface area (Å²) in [4.78, 5) is 23.2. The van der Waals surface area contributed by atoms with Gasteiger partial charge in [-0.3, -0.25) is 10.1 Å². The van der Waals surface area contributed by atoms with Crippen LogP contribution in [0.2, 0.25) is 10.0 Å². The zero-order valence-electron chi connectivity index (χ0n) is 11.8. The van der Waals surface area contributed by atoms with Crippen molar-refractivity contribution in [3.05, 3.63) is 28.2 Å². The van der Waals surface area contributed by atoms with Crippen LogP contribution in [0.4, 0.5) is 4.79 Å². The van der Waals surface area contributed by atoms with Crippen LogP contribution in [-0.4, -0.2) is 44.5 Å². The van der Waals surface area contributed by atoms with E-state index in [9.17, 15) is 18.0 Å². The van der Waals surface area contributed by atoms with E-state index in [1.54, 1.807) is 0 Å². The van der Waals surface area contributed by atoms with Crippen LogP contribution < -0.4 is 15.4 Å². The maximum atomic E-state index is 11.6. The number of urea groups is 1. The summed E-state index contributed by atoms with van der Waals surface area (Å²) in [7, 11) is -3.10. The van der Waals surface area contributed by atoms with Gasteiger partial charge in [-0.25, -0.2) is 13.2 Å². The number of halogens is 2. The van der Waals surface area contributed by atoms with E-state index in [0.29, 0.717) is 17.2 Å². The summed E-state index contributed by atoms with van der Waals surface area (Å²) in [5, 5.41) is 5.14. The Hall–Kier alpha value is -1.51. The van der Waals surface area contributed by atoms with Crippen LogP contribution in [0.3, 0.4) is 0 Å². The average molecular weight is 381 g/mol. The molecule has 0 aliphatic carbocycles. The van der Waals surface area contributed by atoms with E-state index in [2.05, 4.69) is 10.6 Å². The second-order valence-electron chi connectivity index (χ2n) is 4.99. The predicted molar refractivity (Wildman–Crippen MR) is 85.7 cm³/mol. The molecule has 23 heavy (non-hydrogen) atoms. The lowest BCUT2D eigenvalue weighted by atomic mass is 10.3. The highest BCUT2D eigenvalue weighted by Gasteiger charge is 2.29. The molecule has 7 nitrogen and oxygen atoms in total. The van der Waals surface area contributed by atoms with Crippen LogP contribution in [0, 0.1) is 0 Å². The molecule has 1 aromatic rings. The minimum atomic E-state index is -3.10. The van der Waals surface area contributed by atoms with Crippen LogP contribution in [0.1, 0.15) is 6.42 Å². The smallest absolute Gasteiger partial charge is 0.321 e. The van der Waals surface area contributed by atoms with Crippen LogP contribution >= 0.6 is 23.2 Å². The lowest BCUT2D eigenvalue weighted by Crippen LogP contribution is -2.46. The van der Waals surface area contributed by atoms with Crippen LogP contribution in [0.25, 0.3) is 0 Å². The van der Waals surface area contributed by atoms with Gasteiger partial charge in [-0.15, -0.1) is 0 Å². The lowest BCUT2D eigenvalue weighted by molar-refractivity contribution is -0.122. The summed E-state index contributed by atoms with van der Waals surface area (Å²) in [6.07, 6.45) is 0.337. The van der Waals surface area contributed by atoms with Gasteiger partial charge in [0.15, 0.2) is 16.4 Å². The number of imide groups is 1. The number of benzene rings is 1. The maximum absolute atomic E-state index is 11.6. The lowest BCUT2D eigenvalue weighted by Gasteiger charge is -2.12. The molecule has 3 amide bonds. The predicted octanol–water partition coefficient (Wildman–Crippen LogP) is 1.39. The number of sulfone groups is 1. The fraction of sp³-hybridized carbons (Fsp3) is 0.385. The molecule has 10 heteroatoms. The van der Waals surface area contributed by atoms with Gasteiger partial charge in [-0.2, -0.15) is 0 Å². The van der Waals surface area contributed by atoms with E-state index in [-0.39, 0.29) is 16.5 Å². The molecule has 1 heterocycles. The number of hydrogen-bond donors (Lipinski definition) is 2. The van der Waals surface area contributed by atoms with Crippen molar-refractivity contribution in [1.29, 1.82) is 0 Å². The second kappa shape index (κ2) is 7.37. The van der Waals surface area contributed by atoms with Crippen molar-refractivity contribution in [1.82, 2.24) is 10.6 Å². The van der Waals surface area contributed by atoms with Gasteiger partial charge in [0.05, 0.1) is 21.6 Å². The largest absolute Gasteiger partial charge is 0.484 e. The van der Waals surface area contributed by atoms with Crippen molar-refractivity contribution < 1.29 is 22.7 Å². The number of amides is 3. The number of hydrogen-bond acceptors (Lipinski definition) is 5.